The second-order valence-corrected chi connectivity index (χ2v) is 10.5. The summed E-state index contributed by atoms with van der Waals surface area (Å²) in [6.45, 7) is 7.33. The number of aryl methyl sites for hydroxylation is 1. The van der Waals surface area contributed by atoms with Crippen LogP contribution in [-0.4, -0.2) is 42.5 Å². The van der Waals surface area contributed by atoms with E-state index in [0.717, 1.165) is 37.7 Å². The molecule has 0 spiro atoms. The van der Waals surface area contributed by atoms with E-state index < -0.39 is 6.10 Å². The average Bonchev–Trinajstić information content (AvgIpc) is 3.26. The minimum absolute atomic E-state index is 0. The Morgan fingerprint density at radius 1 is 1.22 bits per heavy atom. The number of hydrogen-bond donors (Lipinski definition) is 2. The first kappa shape index (κ1) is 30.6. The van der Waals surface area contributed by atoms with Crippen LogP contribution in [0, 0.1) is 17.2 Å². The summed E-state index contributed by atoms with van der Waals surface area (Å²) in [4.78, 5) is 11.9. The zero-order chi connectivity index (χ0) is 26.0. The quantitative estimate of drug-likeness (QED) is 0.260. The van der Waals surface area contributed by atoms with E-state index in [1.165, 1.54) is 11.1 Å². The van der Waals surface area contributed by atoms with Crippen LogP contribution in [0.15, 0.2) is 42.5 Å². The maximum atomic E-state index is 11.9. The maximum Gasteiger partial charge on any atom is 0.306 e. The minimum atomic E-state index is -0.714. The third-order valence-corrected chi connectivity index (χ3v) is 6.73. The Hall–Kier alpha value is -2.59. The van der Waals surface area contributed by atoms with Crippen molar-refractivity contribution in [1.29, 1.82) is 5.26 Å². The number of fused-ring (bicyclic) bond motifs is 1. The summed E-state index contributed by atoms with van der Waals surface area (Å²) in [5.41, 5.74) is 4.09. The molecule has 2 aromatic rings. The van der Waals surface area contributed by atoms with Gasteiger partial charge in [0.1, 0.15) is 24.5 Å². The standard InChI is InChI=1S/C30H40N2O4.ClH/c1-4-5-14-35-29(34)13-11-22-10-12-26(19-31)28(17-22)36-21-27(33)20-32-30(2,3)18-23-15-24-8-6-7-9-25(24)16-23;/h6-10,12,17,23,27,32-33H,4-5,11,13-16,18,20-21H2,1-3H3;1H. The Labute approximate surface area is 227 Å². The molecule has 0 fully saturated rings. The molecule has 202 valence electrons. The van der Waals surface area contributed by atoms with Crippen molar-refractivity contribution in [3.05, 3.63) is 64.7 Å². The fraction of sp³-hybridized carbons (Fsp3) is 0.533. The number of nitrogens with one attached hydrogen (secondary N) is 1. The number of nitriles is 1. The molecule has 0 saturated carbocycles. The van der Waals surface area contributed by atoms with Gasteiger partial charge >= 0.3 is 5.97 Å². The van der Waals surface area contributed by atoms with Crippen LogP contribution in [0.5, 0.6) is 5.75 Å². The highest BCUT2D eigenvalue weighted by Crippen LogP contribution is 2.32. The van der Waals surface area contributed by atoms with Crippen LogP contribution in [0.3, 0.4) is 0 Å². The van der Waals surface area contributed by atoms with Gasteiger partial charge in [-0.25, -0.2) is 0 Å². The van der Waals surface area contributed by atoms with Gasteiger partial charge in [0, 0.05) is 18.5 Å². The van der Waals surface area contributed by atoms with E-state index in [9.17, 15) is 15.2 Å². The monoisotopic (exact) mass is 528 g/mol. The van der Waals surface area contributed by atoms with Gasteiger partial charge in [-0.2, -0.15) is 5.26 Å². The average molecular weight is 529 g/mol. The second kappa shape index (κ2) is 15.0. The molecule has 1 atom stereocenters. The second-order valence-electron chi connectivity index (χ2n) is 10.5. The molecule has 0 aromatic heterocycles. The summed E-state index contributed by atoms with van der Waals surface area (Å²) in [5.74, 6) is 0.806. The molecule has 37 heavy (non-hydrogen) atoms. The number of halogens is 1. The number of β-amino-alcohol motifs (C(OH)–C–C–N with tert-alkyl or cyclic N) is 1. The smallest absolute Gasteiger partial charge is 0.306 e. The van der Waals surface area contributed by atoms with E-state index in [2.05, 4.69) is 56.4 Å². The van der Waals surface area contributed by atoms with Gasteiger partial charge in [-0.1, -0.05) is 43.7 Å². The minimum Gasteiger partial charge on any atom is -0.489 e. The number of benzene rings is 2. The van der Waals surface area contributed by atoms with Gasteiger partial charge in [-0.3, -0.25) is 4.79 Å². The van der Waals surface area contributed by atoms with Gasteiger partial charge in [-0.05, 0) is 80.7 Å². The zero-order valence-electron chi connectivity index (χ0n) is 22.3. The van der Waals surface area contributed by atoms with Crippen LogP contribution in [0.25, 0.3) is 0 Å². The van der Waals surface area contributed by atoms with Crippen LogP contribution in [0.4, 0.5) is 0 Å². The number of ether oxygens (including phenoxy) is 2. The molecule has 2 N–H and O–H groups in total. The van der Waals surface area contributed by atoms with Gasteiger partial charge in [0.25, 0.3) is 0 Å². The molecule has 1 unspecified atom stereocenters. The summed E-state index contributed by atoms with van der Waals surface area (Å²) in [6, 6.07) is 16.1. The lowest BCUT2D eigenvalue weighted by atomic mass is 9.88. The fourth-order valence-corrected chi connectivity index (χ4v) is 4.81. The lowest BCUT2D eigenvalue weighted by Crippen LogP contribution is -2.46. The molecular formula is C30H41ClN2O4. The predicted octanol–water partition coefficient (Wildman–Crippen LogP) is 5.17. The van der Waals surface area contributed by atoms with Crippen molar-refractivity contribution in [2.45, 2.75) is 77.4 Å². The SMILES string of the molecule is CCCCOC(=O)CCc1ccc(C#N)c(OCC(O)CNC(C)(C)CC2Cc3ccccc3C2)c1.Cl. The van der Waals surface area contributed by atoms with E-state index in [0.29, 0.717) is 36.8 Å². The van der Waals surface area contributed by atoms with Crippen molar-refractivity contribution >= 4 is 18.4 Å². The number of carbonyl (C=O) groups excluding carboxylic acids is 1. The molecule has 2 aromatic carbocycles. The maximum absolute atomic E-state index is 11.9. The molecule has 0 saturated heterocycles. The van der Waals surface area contributed by atoms with Crippen molar-refractivity contribution in [2.75, 3.05) is 19.8 Å². The lowest BCUT2D eigenvalue weighted by molar-refractivity contribution is -0.143. The summed E-state index contributed by atoms with van der Waals surface area (Å²) >= 11 is 0. The molecule has 1 aliphatic rings. The van der Waals surface area contributed by atoms with Gasteiger partial charge in [-0.15, -0.1) is 12.4 Å². The van der Waals surface area contributed by atoms with E-state index in [1.54, 1.807) is 12.1 Å². The van der Waals surface area contributed by atoms with Crippen molar-refractivity contribution in [2.24, 2.45) is 5.92 Å². The third kappa shape index (κ3) is 10.0. The zero-order valence-corrected chi connectivity index (χ0v) is 23.1. The van der Waals surface area contributed by atoms with Crippen molar-refractivity contribution in [1.82, 2.24) is 5.32 Å². The Morgan fingerprint density at radius 3 is 2.57 bits per heavy atom. The predicted molar refractivity (Wildman–Crippen MR) is 148 cm³/mol. The number of esters is 1. The third-order valence-electron chi connectivity index (χ3n) is 6.73. The summed E-state index contributed by atoms with van der Waals surface area (Å²) in [5, 5.41) is 23.5. The number of carbonyl (C=O) groups is 1. The molecule has 0 amide bonds. The lowest BCUT2D eigenvalue weighted by Gasteiger charge is -2.30. The highest BCUT2D eigenvalue weighted by atomic mass is 35.5. The van der Waals surface area contributed by atoms with Crippen LogP contribution in [-0.2, 0) is 28.8 Å². The van der Waals surface area contributed by atoms with Crippen LogP contribution < -0.4 is 10.1 Å². The molecule has 3 rings (SSSR count). The molecular weight excluding hydrogens is 488 g/mol. The van der Waals surface area contributed by atoms with Crippen LogP contribution >= 0.6 is 12.4 Å². The first-order chi connectivity index (χ1) is 17.3. The van der Waals surface area contributed by atoms with Crippen molar-refractivity contribution in [3.63, 3.8) is 0 Å². The Bertz CT molecular complexity index is 1030. The molecule has 0 aliphatic heterocycles. The highest BCUT2D eigenvalue weighted by Gasteiger charge is 2.28. The van der Waals surface area contributed by atoms with Crippen molar-refractivity contribution in [3.8, 4) is 11.8 Å². The Morgan fingerprint density at radius 2 is 1.92 bits per heavy atom. The van der Waals surface area contributed by atoms with Crippen LogP contribution in [0.1, 0.15) is 68.7 Å². The van der Waals surface area contributed by atoms with E-state index in [4.69, 9.17) is 9.47 Å². The normalized spacial score (nSPS) is 13.8. The molecule has 7 heteroatoms. The Balaban J connectivity index is 0.00000481. The number of nitrogens with zero attached hydrogens (tertiary/aromatic N) is 1. The molecule has 1 aliphatic carbocycles. The molecule has 0 heterocycles. The first-order valence-corrected chi connectivity index (χ1v) is 13.1. The number of rotatable bonds is 14. The topological polar surface area (TPSA) is 91.6 Å². The number of unbranched alkanes of at least 4 members (excludes halogenated alkanes) is 1. The van der Waals surface area contributed by atoms with Gasteiger partial charge < -0.3 is 19.9 Å². The van der Waals surface area contributed by atoms with Crippen molar-refractivity contribution < 1.29 is 19.4 Å². The van der Waals surface area contributed by atoms with Crippen LogP contribution in [0.2, 0.25) is 0 Å². The van der Waals surface area contributed by atoms with E-state index in [-0.39, 0.29) is 36.9 Å². The largest absolute Gasteiger partial charge is 0.489 e. The highest BCUT2D eigenvalue weighted by molar-refractivity contribution is 5.85. The molecule has 6 nitrogen and oxygen atoms in total. The van der Waals surface area contributed by atoms with E-state index >= 15 is 0 Å². The van der Waals surface area contributed by atoms with Gasteiger partial charge in [0.05, 0.1) is 12.2 Å². The number of hydrogen-bond acceptors (Lipinski definition) is 6. The summed E-state index contributed by atoms with van der Waals surface area (Å²) < 4.78 is 11.0. The van der Waals surface area contributed by atoms with Gasteiger partial charge in [0.2, 0.25) is 0 Å². The summed E-state index contributed by atoms with van der Waals surface area (Å²) in [7, 11) is 0. The summed E-state index contributed by atoms with van der Waals surface area (Å²) in [6.07, 6.45) is 5.17. The molecule has 0 radical (unpaired) electrons. The molecule has 0 bridgehead atoms. The number of aliphatic hydroxyl groups excluding tert-OH is 1. The first-order valence-electron chi connectivity index (χ1n) is 13.1. The number of aliphatic hydroxyl groups is 1. The fourth-order valence-electron chi connectivity index (χ4n) is 4.81. The van der Waals surface area contributed by atoms with Gasteiger partial charge in [0.15, 0.2) is 0 Å². The Kier molecular flexibility index (Phi) is 12.4. The van der Waals surface area contributed by atoms with E-state index in [1.807, 2.05) is 6.07 Å².